The number of carboxylic acid groups (broad SMARTS) is 1. The van der Waals surface area contributed by atoms with Crippen molar-refractivity contribution in [1.82, 2.24) is 4.90 Å². The fourth-order valence-electron chi connectivity index (χ4n) is 2.64. The lowest BCUT2D eigenvalue weighted by molar-refractivity contribution is -0.274. The van der Waals surface area contributed by atoms with Crippen molar-refractivity contribution >= 4 is 5.97 Å². The quantitative estimate of drug-likeness (QED) is 0.753. The summed E-state index contributed by atoms with van der Waals surface area (Å²) in [7, 11) is 0. The molecule has 0 amide bonds. The molecule has 26 heavy (non-hydrogen) atoms. The minimum absolute atomic E-state index is 0.0510. The normalized spacial score (nSPS) is 11.6. The van der Waals surface area contributed by atoms with E-state index in [1.165, 1.54) is 18.2 Å². The van der Waals surface area contributed by atoms with Crippen LogP contribution in [0.3, 0.4) is 0 Å². The van der Waals surface area contributed by atoms with E-state index in [0.29, 0.717) is 18.7 Å². The maximum atomic E-state index is 12.4. The van der Waals surface area contributed by atoms with Crippen LogP contribution in [0.5, 0.6) is 5.75 Å². The lowest BCUT2D eigenvalue weighted by Crippen LogP contribution is -2.26. The summed E-state index contributed by atoms with van der Waals surface area (Å²) in [5, 5.41) is 8.94. The largest absolute Gasteiger partial charge is 0.573 e. The number of carboxylic acids is 1. The van der Waals surface area contributed by atoms with Crippen LogP contribution >= 0.6 is 0 Å². The van der Waals surface area contributed by atoms with E-state index in [2.05, 4.69) is 4.74 Å². The molecular weight excluding hydrogens is 347 g/mol. The topological polar surface area (TPSA) is 49.8 Å². The first-order valence-electron chi connectivity index (χ1n) is 8.06. The van der Waals surface area contributed by atoms with Gasteiger partial charge in [0.25, 0.3) is 0 Å². The van der Waals surface area contributed by atoms with E-state index in [0.717, 1.165) is 11.1 Å². The van der Waals surface area contributed by atoms with Crippen molar-refractivity contribution in [2.75, 3.05) is 6.54 Å². The lowest BCUT2D eigenvalue weighted by atomic mass is 10.1. The van der Waals surface area contributed by atoms with Crippen molar-refractivity contribution in [2.24, 2.45) is 0 Å². The molecule has 0 saturated carbocycles. The molecule has 140 valence electrons. The molecule has 0 atom stereocenters. The number of rotatable bonds is 8. The Labute approximate surface area is 149 Å². The average molecular weight is 367 g/mol. The molecule has 1 N–H and O–H groups in total. The summed E-state index contributed by atoms with van der Waals surface area (Å²) in [5.74, 6) is -1.21. The van der Waals surface area contributed by atoms with E-state index in [1.54, 1.807) is 6.07 Å². The number of halogens is 3. The lowest BCUT2D eigenvalue weighted by Gasteiger charge is -2.22. The Morgan fingerprint density at radius 1 is 1.08 bits per heavy atom. The average Bonchev–Trinajstić information content (AvgIpc) is 2.51. The van der Waals surface area contributed by atoms with Gasteiger partial charge >= 0.3 is 12.3 Å². The van der Waals surface area contributed by atoms with Crippen LogP contribution in [0.4, 0.5) is 13.2 Å². The van der Waals surface area contributed by atoms with Crippen LogP contribution in [-0.4, -0.2) is 28.9 Å². The van der Waals surface area contributed by atoms with Gasteiger partial charge in [-0.3, -0.25) is 9.69 Å². The standard InChI is InChI=1S/C19H20F3NO3/c1-14-4-2-5-15(10-14)12-23(9-8-18(24)25)13-16-6-3-7-17(11-16)26-19(20,21)22/h2-7,10-11H,8-9,12-13H2,1H3,(H,24,25). The highest BCUT2D eigenvalue weighted by Crippen LogP contribution is 2.24. The van der Waals surface area contributed by atoms with E-state index in [4.69, 9.17) is 5.11 Å². The van der Waals surface area contributed by atoms with Crippen molar-refractivity contribution in [1.29, 1.82) is 0 Å². The zero-order valence-electron chi connectivity index (χ0n) is 14.3. The van der Waals surface area contributed by atoms with Gasteiger partial charge in [0.1, 0.15) is 5.75 Å². The summed E-state index contributed by atoms with van der Waals surface area (Å²) in [6.07, 6.45) is -4.80. The number of carbonyl (C=O) groups is 1. The van der Waals surface area contributed by atoms with Crippen molar-refractivity contribution < 1.29 is 27.8 Å². The van der Waals surface area contributed by atoms with Crippen molar-refractivity contribution in [2.45, 2.75) is 32.8 Å². The SMILES string of the molecule is Cc1cccc(CN(CCC(=O)O)Cc2cccc(OC(F)(F)F)c2)c1. The monoisotopic (exact) mass is 367 g/mol. The Hall–Kier alpha value is -2.54. The smallest absolute Gasteiger partial charge is 0.481 e. The van der Waals surface area contributed by atoms with E-state index in [9.17, 15) is 18.0 Å². The van der Waals surface area contributed by atoms with Crippen LogP contribution in [0.1, 0.15) is 23.1 Å². The van der Waals surface area contributed by atoms with Gasteiger partial charge in [-0.1, -0.05) is 42.0 Å². The summed E-state index contributed by atoms with van der Waals surface area (Å²) in [4.78, 5) is 12.8. The fraction of sp³-hybridized carbons (Fsp3) is 0.316. The Kier molecular flexibility index (Phi) is 6.63. The zero-order chi connectivity index (χ0) is 19.2. The van der Waals surface area contributed by atoms with E-state index < -0.39 is 12.3 Å². The van der Waals surface area contributed by atoms with E-state index >= 15 is 0 Å². The molecule has 0 aromatic heterocycles. The molecule has 0 heterocycles. The van der Waals surface area contributed by atoms with E-state index in [-0.39, 0.29) is 18.7 Å². The van der Waals surface area contributed by atoms with Gasteiger partial charge in [-0.05, 0) is 30.2 Å². The first kappa shape index (κ1) is 19.8. The number of alkyl halides is 3. The van der Waals surface area contributed by atoms with Crippen LogP contribution in [0.2, 0.25) is 0 Å². The second-order valence-electron chi connectivity index (χ2n) is 6.04. The van der Waals surface area contributed by atoms with Gasteiger partial charge in [-0.2, -0.15) is 0 Å². The number of aryl methyl sites for hydroxylation is 1. The predicted octanol–water partition coefficient (Wildman–Crippen LogP) is 4.37. The molecule has 0 aliphatic heterocycles. The van der Waals surface area contributed by atoms with Crippen molar-refractivity contribution in [3.05, 3.63) is 65.2 Å². The molecule has 0 radical (unpaired) electrons. The molecule has 0 unspecified atom stereocenters. The minimum Gasteiger partial charge on any atom is -0.481 e. The van der Waals surface area contributed by atoms with Gasteiger partial charge in [0.05, 0.1) is 6.42 Å². The molecule has 2 aromatic carbocycles. The number of ether oxygens (including phenoxy) is 1. The molecule has 0 bridgehead atoms. The third-order valence-electron chi connectivity index (χ3n) is 3.67. The molecule has 4 nitrogen and oxygen atoms in total. The molecular formula is C19H20F3NO3. The number of benzene rings is 2. The highest BCUT2D eigenvalue weighted by Gasteiger charge is 2.31. The first-order valence-corrected chi connectivity index (χ1v) is 8.06. The Morgan fingerprint density at radius 2 is 1.69 bits per heavy atom. The Bertz CT molecular complexity index is 747. The highest BCUT2D eigenvalue weighted by atomic mass is 19.4. The summed E-state index contributed by atoms with van der Waals surface area (Å²) < 4.78 is 41.1. The molecule has 0 saturated heterocycles. The van der Waals surface area contributed by atoms with Gasteiger partial charge in [-0.25, -0.2) is 0 Å². The predicted molar refractivity (Wildman–Crippen MR) is 90.7 cm³/mol. The molecule has 2 aromatic rings. The van der Waals surface area contributed by atoms with E-state index in [1.807, 2.05) is 36.1 Å². The molecule has 7 heteroatoms. The number of hydrogen-bond donors (Lipinski definition) is 1. The van der Waals surface area contributed by atoms with Gasteiger partial charge in [0.15, 0.2) is 0 Å². The molecule has 0 spiro atoms. The molecule has 0 aliphatic rings. The number of hydrogen-bond acceptors (Lipinski definition) is 3. The second-order valence-corrected chi connectivity index (χ2v) is 6.04. The highest BCUT2D eigenvalue weighted by molar-refractivity contribution is 5.66. The van der Waals surface area contributed by atoms with Crippen LogP contribution in [-0.2, 0) is 17.9 Å². The zero-order valence-corrected chi connectivity index (χ0v) is 14.3. The molecule has 2 rings (SSSR count). The van der Waals surface area contributed by atoms with Crippen LogP contribution in [0, 0.1) is 6.92 Å². The van der Waals surface area contributed by atoms with Crippen LogP contribution < -0.4 is 4.74 Å². The minimum atomic E-state index is -4.75. The third kappa shape index (κ3) is 7.14. The third-order valence-corrected chi connectivity index (χ3v) is 3.67. The van der Waals surface area contributed by atoms with Crippen LogP contribution in [0.15, 0.2) is 48.5 Å². The maximum Gasteiger partial charge on any atom is 0.573 e. The van der Waals surface area contributed by atoms with Crippen molar-refractivity contribution in [3.8, 4) is 5.75 Å². The summed E-state index contributed by atoms with van der Waals surface area (Å²) in [5.41, 5.74) is 2.71. The van der Waals surface area contributed by atoms with Crippen LogP contribution in [0.25, 0.3) is 0 Å². The van der Waals surface area contributed by atoms with Gasteiger partial charge in [0.2, 0.25) is 0 Å². The second kappa shape index (κ2) is 8.71. The maximum absolute atomic E-state index is 12.4. The summed E-state index contributed by atoms with van der Waals surface area (Å²) in [6, 6.07) is 13.5. The Morgan fingerprint density at radius 3 is 2.27 bits per heavy atom. The molecule has 0 aliphatic carbocycles. The summed E-state index contributed by atoms with van der Waals surface area (Å²) >= 11 is 0. The first-order chi connectivity index (χ1) is 12.2. The molecule has 0 fully saturated rings. The number of aliphatic carboxylic acids is 1. The fourth-order valence-corrected chi connectivity index (χ4v) is 2.64. The Balaban J connectivity index is 2.12. The van der Waals surface area contributed by atoms with Gasteiger partial charge in [-0.15, -0.1) is 13.2 Å². The van der Waals surface area contributed by atoms with Crippen molar-refractivity contribution in [3.63, 3.8) is 0 Å². The van der Waals surface area contributed by atoms with Gasteiger partial charge in [0, 0.05) is 19.6 Å². The summed E-state index contributed by atoms with van der Waals surface area (Å²) in [6.45, 7) is 3.06. The van der Waals surface area contributed by atoms with Gasteiger partial charge < -0.3 is 9.84 Å². The number of nitrogens with zero attached hydrogens (tertiary/aromatic N) is 1.